The number of hydrogen-bond acceptors (Lipinski definition) is 2. The minimum Gasteiger partial charge on any atom is -0.329 e. The molecule has 0 fully saturated rings. The molecule has 4 aromatic rings. The number of rotatable bonds is 1. The first kappa shape index (κ1) is 11.9. The summed E-state index contributed by atoms with van der Waals surface area (Å²) < 4.78 is 0. The lowest BCUT2D eigenvalue weighted by molar-refractivity contribution is 1.28. The second kappa shape index (κ2) is 4.56. The summed E-state index contributed by atoms with van der Waals surface area (Å²) in [7, 11) is 0. The van der Waals surface area contributed by atoms with E-state index in [1.165, 1.54) is 0 Å². The lowest BCUT2D eigenvalue weighted by atomic mass is 10.00. The van der Waals surface area contributed by atoms with Crippen LogP contribution in [0.15, 0.2) is 71.9 Å². The molecule has 0 amide bonds. The fraction of sp³-hybridized carbons (Fsp3) is 0. The zero-order valence-electron chi connectivity index (χ0n) is 11.2. The maximum Gasteiger partial charge on any atom is 0.255 e. The smallest absolute Gasteiger partial charge is 0.255 e. The zero-order chi connectivity index (χ0) is 14.2. The molecule has 1 N–H and O–H groups in total. The number of nitrogens with one attached hydrogen (secondary N) is 1. The van der Waals surface area contributed by atoms with Crippen molar-refractivity contribution in [2.24, 2.45) is 0 Å². The van der Waals surface area contributed by atoms with Crippen LogP contribution >= 0.6 is 0 Å². The van der Waals surface area contributed by atoms with Gasteiger partial charge in [0.15, 0.2) is 0 Å². The van der Waals surface area contributed by atoms with Gasteiger partial charge in [-0.1, -0.05) is 24.3 Å². The molecule has 0 aliphatic heterocycles. The van der Waals surface area contributed by atoms with Crippen molar-refractivity contribution in [3.63, 3.8) is 0 Å². The summed E-state index contributed by atoms with van der Waals surface area (Å²) >= 11 is 0. The number of aromatic nitrogens is 2. The number of pyridine rings is 2. The van der Waals surface area contributed by atoms with Gasteiger partial charge in [0.05, 0.1) is 0 Å². The van der Waals surface area contributed by atoms with Gasteiger partial charge < -0.3 is 4.98 Å². The van der Waals surface area contributed by atoms with E-state index >= 15 is 0 Å². The van der Waals surface area contributed by atoms with E-state index in [2.05, 4.69) is 28.2 Å². The average molecular weight is 272 g/mol. The van der Waals surface area contributed by atoms with E-state index in [0.717, 1.165) is 27.3 Å². The van der Waals surface area contributed by atoms with Gasteiger partial charge in [0.2, 0.25) is 0 Å². The van der Waals surface area contributed by atoms with Gasteiger partial charge in [-0.2, -0.15) is 0 Å². The molecule has 0 saturated heterocycles. The molecule has 2 aromatic carbocycles. The Bertz CT molecular complexity index is 1020. The number of H-pyrrole nitrogens is 1. The van der Waals surface area contributed by atoms with Crippen LogP contribution in [0, 0.1) is 0 Å². The van der Waals surface area contributed by atoms with Crippen molar-refractivity contribution in [1.29, 1.82) is 0 Å². The first-order valence-electron chi connectivity index (χ1n) is 6.77. The van der Waals surface area contributed by atoms with E-state index in [4.69, 9.17) is 0 Å². The summed E-state index contributed by atoms with van der Waals surface area (Å²) in [6, 6.07) is 16.1. The Balaban J connectivity index is 1.95. The highest BCUT2D eigenvalue weighted by molar-refractivity contribution is 5.90. The Morgan fingerprint density at radius 3 is 2.52 bits per heavy atom. The molecule has 0 saturated carbocycles. The number of hydrogen-bond donors (Lipinski definition) is 1. The maximum atomic E-state index is 11.9. The van der Waals surface area contributed by atoms with Crippen LogP contribution in [0.5, 0.6) is 0 Å². The van der Waals surface area contributed by atoms with Crippen molar-refractivity contribution in [3.8, 4) is 11.1 Å². The second-order valence-electron chi connectivity index (χ2n) is 5.05. The van der Waals surface area contributed by atoms with E-state index in [0.29, 0.717) is 5.39 Å². The van der Waals surface area contributed by atoms with E-state index in [-0.39, 0.29) is 5.56 Å². The van der Waals surface area contributed by atoms with Crippen molar-refractivity contribution in [2.45, 2.75) is 0 Å². The Kier molecular flexibility index (Phi) is 2.57. The number of fused-ring (bicyclic) bond motifs is 2. The van der Waals surface area contributed by atoms with Gasteiger partial charge >= 0.3 is 0 Å². The van der Waals surface area contributed by atoms with Gasteiger partial charge in [0, 0.05) is 29.4 Å². The monoisotopic (exact) mass is 272 g/mol. The van der Waals surface area contributed by atoms with E-state index in [1.54, 1.807) is 12.4 Å². The summed E-state index contributed by atoms with van der Waals surface area (Å²) in [6.07, 6.45) is 5.31. The molecular formula is C18H12N2O. The summed E-state index contributed by atoms with van der Waals surface area (Å²) in [4.78, 5) is 18.8. The molecule has 21 heavy (non-hydrogen) atoms. The molecule has 0 bridgehead atoms. The predicted molar refractivity (Wildman–Crippen MR) is 85.3 cm³/mol. The Labute approximate surface area is 120 Å². The summed E-state index contributed by atoms with van der Waals surface area (Å²) in [6.45, 7) is 0. The Morgan fingerprint density at radius 2 is 1.62 bits per heavy atom. The average Bonchev–Trinajstić information content (AvgIpc) is 2.54. The normalized spacial score (nSPS) is 11.0. The van der Waals surface area contributed by atoms with Crippen LogP contribution < -0.4 is 5.56 Å². The number of aromatic amines is 1. The van der Waals surface area contributed by atoms with Gasteiger partial charge in [-0.15, -0.1) is 0 Å². The summed E-state index contributed by atoms with van der Waals surface area (Å²) in [5, 5.41) is 3.92. The number of nitrogens with zero attached hydrogens (tertiary/aromatic N) is 1. The number of benzene rings is 2. The third kappa shape index (κ3) is 1.99. The van der Waals surface area contributed by atoms with Crippen LogP contribution in [0.3, 0.4) is 0 Å². The molecule has 0 aliphatic carbocycles. The van der Waals surface area contributed by atoms with Crippen LogP contribution in [0.4, 0.5) is 0 Å². The predicted octanol–water partition coefficient (Wildman–Crippen LogP) is 3.74. The zero-order valence-corrected chi connectivity index (χ0v) is 11.2. The Morgan fingerprint density at radius 1 is 0.810 bits per heavy atom. The highest BCUT2D eigenvalue weighted by Crippen LogP contribution is 2.26. The van der Waals surface area contributed by atoms with Crippen LogP contribution in [0.2, 0.25) is 0 Å². The molecular weight excluding hydrogens is 260 g/mol. The van der Waals surface area contributed by atoms with Crippen molar-refractivity contribution in [2.75, 3.05) is 0 Å². The minimum absolute atomic E-state index is 0.0562. The SMILES string of the molecule is O=c1[nH]ccc2ccc(-c3ccc4cnccc4c3)cc12. The van der Waals surface area contributed by atoms with Crippen molar-refractivity contribution >= 4 is 21.5 Å². The first-order chi connectivity index (χ1) is 10.3. The largest absolute Gasteiger partial charge is 0.329 e. The molecule has 3 heteroatoms. The summed E-state index contributed by atoms with van der Waals surface area (Å²) in [5.74, 6) is 0. The first-order valence-corrected chi connectivity index (χ1v) is 6.77. The molecule has 0 atom stereocenters. The lowest BCUT2D eigenvalue weighted by Gasteiger charge is -2.05. The molecule has 3 nitrogen and oxygen atoms in total. The lowest BCUT2D eigenvalue weighted by Crippen LogP contribution is -2.04. The highest BCUT2D eigenvalue weighted by atomic mass is 16.1. The fourth-order valence-corrected chi connectivity index (χ4v) is 2.63. The fourth-order valence-electron chi connectivity index (χ4n) is 2.63. The van der Waals surface area contributed by atoms with E-state index in [9.17, 15) is 4.79 Å². The molecule has 100 valence electrons. The van der Waals surface area contributed by atoms with Gasteiger partial charge in [-0.05, 0) is 46.2 Å². The van der Waals surface area contributed by atoms with Crippen LogP contribution in [-0.2, 0) is 0 Å². The molecule has 0 radical (unpaired) electrons. The maximum absolute atomic E-state index is 11.9. The molecule has 4 rings (SSSR count). The quantitative estimate of drug-likeness (QED) is 0.573. The molecule has 0 unspecified atom stereocenters. The van der Waals surface area contributed by atoms with Crippen molar-refractivity contribution < 1.29 is 0 Å². The second-order valence-corrected chi connectivity index (χ2v) is 5.05. The van der Waals surface area contributed by atoms with Gasteiger partial charge in [0.25, 0.3) is 5.56 Å². The van der Waals surface area contributed by atoms with Gasteiger partial charge in [0.1, 0.15) is 0 Å². The van der Waals surface area contributed by atoms with Crippen LogP contribution in [-0.4, -0.2) is 9.97 Å². The van der Waals surface area contributed by atoms with Gasteiger partial charge in [-0.3, -0.25) is 9.78 Å². The van der Waals surface area contributed by atoms with Crippen LogP contribution in [0.1, 0.15) is 0 Å². The van der Waals surface area contributed by atoms with E-state index in [1.807, 2.05) is 36.5 Å². The Hall–Kier alpha value is -2.94. The van der Waals surface area contributed by atoms with Crippen LogP contribution in [0.25, 0.3) is 32.7 Å². The summed E-state index contributed by atoms with van der Waals surface area (Å²) in [5.41, 5.74) is 2.08. The third-order valence-corrected chi connectivity index (χ3v) is 3.75. The molecule has 0 aliphatic rings. The third-order valence-electron chi connectivity index (χ3n) is 3.75. The topological polar surface area (TPSA) is 45.8 Å². The highest BCUT2D eigenvalue weighted by Gasteiger charge is 2.03. The molecule has 2 heterocycles. The van der Waals surface area contributed by atoms with Crippen molar-refractivity contribution in [3.05, 3.63) is 77.5 Å². The minimum atomic E-state index is -0.0562. The van der Waals surface area contributed by atoms with E-state index < -0.39 is 0 Å². The standard InChI is InChI=1S/C18H12N2O/c21-18-17-10-14(2-1-12(17)6-8-20-18)13-3-4-16-11-19-7-5-15(16)9-13/h1-11H,(H,20,21). The molecule has 0 spiro atoms. The molecule has 2 aromatic heterocycles. The van der Waals surface area contributed by atoms with Crippen molar-refractivity contribution in [1.82, 2.24) is 9.97 Å². The van der Waals surface area contributed by atoms with Gasteiger partial charge in [-0.25, -0.2) is 0 Å².